The number of benzene rings is 2. The lowest BCUT2D eigenvalue weighted by Gasteiger charge is -2.27. The third-order valence-electron chi connectivity index (χ3n) is 5.61. The maximum Gasteiger partial charge on any atom is 0.201 e. The van der Waals surface area contributed by atoms with Crippen LogP contribution in [-0.2, 0) is 11.3 Å². The Morgan fingerprint density at radius 3 is 2.25 bits per heavy atom. The zero-order valence-electron chi connectivity index (χ0n) is 18.7. The smallest absolute Gasteiger partial charge is 0.201 e. The molecule has 1 aliphatic rings. The molecule has 0 atom stereocenters. The zero-order chi connectivity index (χ0) is 22.7. The van der Waals surface area contributed by atoms with E-state index in [4.69, 9.17) is 28.1 Å². The van der Waals surface area contributed by atoms with Crippen LogP contribution in [0.15, 0.2) is 39.5 Å². The molecule has 0 radical (unpaired) electrons. The fourth-order valence-electron chi connectivity index (χ4n) is 3.91. The lowest BCUT2D eigenvalue weighted by molar-refractivity contribution is 0.0340. The fourth-order valence-corrected chi connectivity index (χ4v) is 3.91. The van der Waals surface area contributed by atoms with Crippen molar-refractivity contribution >= 4 is 11.0 Å². The van der Waals surface area contributed by atoms with Gasteiger partial charge >= 0.3 is 0 Å². The van der Waals surface area contributed by atoms with Crippen LogP contribution in [0.4, 0.5) is 0 Å². The summed E-state index contributed by atoms with van der Waals surface area (Å²) in [4.78, 5) is 15.9. The molecule has 8 nitrogen and oxygen atoms in total. The van der Waals surface area contributed by atoms with Crippen LogP contribution < -0.4 is 24.4 Å². The zero-order valence-corrected chi connectivity index (χ0v) is 18.7. The van der Waals surface area contributed by atoms with Gasteiger partial charge in [-0.2, -0.15) is 0 Å². The van der Waals surface area contributed by atoms with Crippen LogP contribution in [0.5, 0.6) is 23.0 Å². The second kappa shape index (κ2) is 9.50. The first-order valence-corrected chi connectivity index (χ1v) is 10.3. The monoisotopic (exact) mass is 441 g/mol. The maximum absolute atomic E-state index is 13.8. The van der Waals surface area contributed by atoms with Gasteiger partial charge < -0.3 is 28.1 Å². The van der Waals surface area contributed by atoms with Gasteiger partial charge in [0.25, 0.3) is 0 Å². The maximum atomic E-state index is 13.8. The summed E-state index contributed by atoms with van der Waals surface area (Å²) >= 11 is 0. The number of hydrogen-bond donors (Lipinski definition) is 0. The number of methoxy groups -OCH3 is 4. The van der Waals surface area contributed by atoms with Crippen LogP contribution in [0.25, 0.3) is 22.3 Å². The highest BCUT2D eigenvalue weighted by molar-refractivity contribution is 5.87. The largest absolute Gasteiger partial charge is 0.496 e. The van der Waals surface area contributed by atoms with E-state index in [1.54, 1.807) is 39.5 Å². The molecule has 0 aliphatic carbocycles. The van der Waals surface area contributed by atoms with Crippen molar-refractivity contribution in [3.63, 3.8) is 0 Å². The molecule has 0 amide bonds. The van der Waals surface area contributed by atoms with Crippen molar-refractivity contribution in [2.45, 2.75) is 6.54 Å². The van der Waals surface area contributed by atoms with Crippen LogP contribution in [0.2, 0.25) is 0 Å². The summed E-state index contributed by atoms with van der Waals surface area (Å²) in [6, 6.07) is 8.84. The Hall–Kier alpha value is -3.23. The van der Waals surface area contributed by atoms with Gasteiger partial charge in [-0.3, -0.25) is 9.69 Å². The molecule has 0 bridgehead atoms. The molecule has 2 aromatic carbocycles. The Labute approximate surface area is 186 Å². The molecule has 32 heavy (non-hydrogen) atoms. The summed E-state index contributed by atoms with van der Waals surface area (Å²) in [6.07, 6.45) is 0. The van der Waals surface area contributed by atoms with Crippen molar-refractivity contribution in [2.75, 3.05) is 54.7 Å². The summed E-state index contributed by atoms with van der Waals surface area (Å²) in [5, 5.41) is 0.390. The SMILES string of the molecule is COc1cc(OC)c2c(=O)c(CN3CCOCC3)c(-c3ccc(OC)c(OC)c3)oc2c1. The summed E-state index contributed by atoms with van der Waals surface area (Å²) < 4.78 is 33.5. The van der Waals surface area contributed by atoms with E-state index in [1.165, 1.54) is 7.11 Å². The molecular formula is C24H27NO7. The fraction of sp³-hybridized carbons (Fsp3) is 0.375. The van der Waals surface area contributed by atoms with E-state index < -0.39 is 0 Å². The minimum atomic E-state index is -0.137. The Morgan fingerprint density at radius 2 is 1.59 bits per heavy atom. The van der Waals surface area contributed by atoms with Crippen molar-refractivity contribution in [1.82, 2.24) is 4.90 Å². The average molecular weight is 441 g/mol. The molecule has 4 rings (SSSR count). The normalized spacial score (nSPS) is 14.4. The first-order valence-electron chi connectivity index (χ1n) is 10.3. The third-order valence-corrected chi connectivity index (χ3v) is 5.61. The van der Waals surface area contributed by atoms with Crippen LogP contribution >= 0.6 is 0 Å². The Morgan fingerprint density at radius 1 is 0.875 bits per heavy atom. The standard InChI is InChI=1S/C24H27NO7/c1-27-16-12-20(30-4)22-21(13-16)32-24(15-5-6-18(28-2)19(11-15)29-3)17(23(22)26)14-25-7-9-31-10-8-25/h5-6,11-13H,7-10,14H2,1-4H3. The van der Waals surface area contributed by atoms with E-state index >= 15 is 0 Å². The highest BCUT2D eigenvalue weighted by atomic mass is 16.5. The predicted molar refractivity (Wildman–Crippen MR) is 120 cm³/mol. The number of morpholine rings is 1. The van der Waals surface area contributed by atoms with E-state index in [-0.39, 0.29) is 5.43 Å². The van der Waals surface area contributed by atoms with E-state index in [0.717, 1.165) is 13.1 Å². The van der Waals surface area contributed by atoms with Crippen LogP contribution in [0.3, 0.4) is 0 Å². The Bertz CT molecular complexity index is 1170. The molecule has 1 saturated heterocycles. The number of rotatable bonds is 7. The van der Waals surface area contributed by atoms with Gasteiger partial charge in [0.05, 0.1) is 47.2 Å². The number of fused-ring (bicyclic) bond motifs is 1. The van der Waals surface area contributed by atoms with Gasteiger partial charge in [0.2, 0.25) is 5.43 Å². The average Bonchev–Trinajstić information content (AvgIpc) is 2.84. The molecule has 0 unspecified atom stereocenters. The minimum absolute atomic E-state index is 0.137. The van der Waals surface area contributed by atoms with E-state index in [1.807, 2.05) is 12.1 Å². The first kappa shape index (κ1) is 22.0. The van der Waals surface area contributed by atoms with E-state index in [9.17, 15) is 4.79 Å². The first-order chi connectivity index (χ1) is 15.6. The number of nitrogens with zero attached hydrogens (tertiary/aromatic N) is 1. The van der Waals surface area contributed by atoms with Crippen molar-refractivity contribution in [1.29, 1.82) is 0 Å². The summed E-state index contributed by atoms with van der Waals surface area (Å²) in [5.41, 5.74) is 1.52. The summed E-state index contributed by atoms with van der Waals surface area (Å²) in [7, 11) is 6.23. The van der Waals surface area contributed by atoms with Gasteiger partial charge in [-0.05, 0) is 18.2 Å². The highest BCUT2D eigenvalue weighted by Crippen LogP contribution is 2.37. The molecule has 2 heterocycles. The van der Waals surface area contributed by atoms with E-state index in [2.05, 4.69) is 4.90 Å². The van der Waals surface area contributed by atoms with Crippen molar-refractivity contribution in [3.05, 3.63) is 46.1 Å². The molecular weight excluding hydrogens is 414 g/mol. The molecule has 170 valence electrons. The molecule has 3 aromatic rings. The van der Waals surface area contributed by atoms with Crippen molar-refractivity contribution < 1.29 is 28.1 Å². The molecule has 1 aliphatic heterocycles. The molecule has 0 N–H and O–H groups in total. The minimum Gasteiger partial charge on any atom is -0.496 e. The van der Waals surface area contributed by atoms with Crippen molar-refractivity contribution in [2.24, 2.45) is 0 Å². The lowest BCUT2D eigenvalue weighted by atomic mass is 10.0. The second-order valence-corrected chi connectivity index (χ2v) is 7.40. The second-order valence-electron chi connectivity index (χ2n) is 7.40. The topological polar surface area (TPSA) is 79.6 Å². The summed E-state index contributed by atoms with van der Waals surface area (Å²) in [5.74, 6) is 2.57. The van der Waals surface area contributed by atoms with Gasteiger partial charge in [0, 0.05) is 37.3 Å². The molecule has 8 heteroatoms. The Balaban J connectivity index is 1.96. The molecule has 0 spiro atoms. The van der Waals surface area contributed by atoms with Gasteiger partial charge in [-0.1, -0.05) is 0 Å². The highest BCUT2D eigenvalue weighted by Gasteiger charge is 2.23. The third kappa shape index (κ3) is 4.11. The lowest BCUT2D eigenvalue weighted by Crippen LogP contribution is -2.37. The van der Waals surface area contributed by atoms with E-state index in [0.29, 0.717) is 70.6 Å². The summed E-state index contributed by atoms with van der Waals surface area (Å²) in [6.45, 7) is 3.17. The molecule has 0 saturated carbocycles. The predicted octanol–water partition coefficient (Wildman–Crippen LogP) is 3.33. The molecule has 1 fully saturated rings. The van der Waals surface area contributed by atoms with Crippen LogP contribution in [0, 0.1) is 0 Å². The van der Waals surface area contributed by atoms with Gasteiger partial charge in [0.15, 0.2) is 11.5 Å². The van der Waals surface area contributed by atoms with Crippen molar-refractivity contribution in [3.8, 4) is 34.3 Å². The number of hydrogen-bond acceptors (Lipinski definition) is 8. The van der Waals surface area contributed by atoms with Gasteiger partial charge in [0.1, 0.15) is 28.2 Å². The Kier molecular flexibility index (Phi) is 6.53. The van der Waals surface area contributed by atoms with Gasteiger partial charge in [-0.15, -0.1) is 0 Å². The number of ether oxygens (including phenoxy) is 5. The van der Waals surface area contributed by atoms with Crippen LogP contribution in [0.1, 0.15) is 5.56 Å². The molecule has 1 aromatic heterocycles. The van der Waals surface area contributed by atoms with Gasteiger partial charge in [-0.25, -0.2) is 0 Å². The van der Waals surface area contributed by atoms with Crippen LogP contribution in [-0.4, -0.2) is 59.6 Å². The quantitative estimate of drug-likeness (QED) is 0.553.